The highest BCUT2D eigenvalue weighted by atomic mass is 15.2. The van der Waals surface area contributed by atoms with E-state index >= 15 is 0 Å². The van der Waals surface area contributed by atoms with E-state index in [0.717, 1.165) is 18.0 Å². The van der Waals surface area contributed by atoms with Gasteiger partial charge in [-0.15, -0.1) is 0 Å². The summed E-state index contributed by atoms with van der Waals surface area (Å²) in [4.78, 5) is 2.60. The molecule has 3 atom stereocenters. The molecule has 2 fully saturated rings. The zero-order valence-electron chi connectivity index (χ0n) is 7.01. The van der Waals surface area contributed by atoms with E-state index < -0.39 is 0 Å². The van der Waals surface area contributed by atoms with Crippen LogP contribution in [0.4, 0.5) is 0 Å². The summed E-state index contributed by atoms with van der Waals surface area (Å²) in [6.07, 6.45) is 5.83. The maximum atomic E-state index is 2.60. The molecule has 10 heavy (non-hydrogen) atoms. The second kappa shape index (κ2) is 2.23. The lowest BCUT2D eigenvalue weighted by molar-refractivity contribution is 0.142. The lowest BCUT2D eigenvalue weighted by Gasteiger charge is -2.34. The van der Waals surface area contributed by atoms with Gasteiger partial charge in [0.15, 0.2) is 0 Å². The first-order chi connectivity index (χ1) is 4.77. The Balaban J connectivity index is 2.09. The van der Waals surface area contributed by atoms with E-state index in [1.54, 1.807) is 0 Å². The fraction of sp³-hybridized carbons (Fsp3) is 1.00. The minimum absolute atomic E-state index is 0.939. The Morgan fingerprint density at radius 3 is 2.10 bits per heavy atom. The Bertz CT molecular complexity index is 119. The van der Waals surface area contributed by atoms with Gasteiger partial charge in [0.2, 0.25) is 0 Å². The highest BCUT2D eigenvalue weighted by Gasteiger charge is 2.36. The number of hydrogen-bond acceptors (Lipinski definition) is 1. The van der Waals surface area contributed by atoms with Crippen LogP contribution in [0.15, 0.2) is 0 Å². The van der Waals surface area contributed by atoms with Crippen molar-refractivity contribution in [1.29, 1.82) is 0 Å². The Morgan fingerprint density at radius 2 is 1.60 bits per heavy atom. The first kappa shape index (κ1) is 6.66. The molecule has 0 N–H and O–H groups in total. The SMILES string of the molecule is C[C@@H]1C[C@H]2CC[C@@H](C1)N2C. The molecule has 2 saturated heterocycles. The molecule has 0 aromatic heterocycles. The average Bonchev–Trinajstić information content (AvgIpc) is 2.20. The van der Waals surface area contributed by atoms with Crippen molar-refractivity contribution >= 4 is 0 Å². The Hall–Kier alpha value is -0.0400. The van der Waals surface area contributed by atoms with Gasteiger partial charge >= 0.3 is 0 Å². The molecular formula is C9H17N. The predicted octanol–water partition coefficient (Wildman–Crippen LogP) is 1.88. The van der Waals surface area contributed by atoms with Gasteiger partial charge in [-0.05, 0) is 38.6 Å². The van der Waals surface area contributed by atoms with Crippen LogP contribution in [0.5, 0.6) is 0 Å². The minimum atomic E-state index is 0.939. The number of piperidine rings is 1. The first-order valence-electron chi connectivity index (χ1n) is 4.49. The van der Waals surface area contributed by atoms with E-state index in [0.29, 0.717) is 0 Å². The van der Waals surface area contributed by atoms with E-state index in [1.165, 1.54) is 25.7 Å². The zero-order chi connectivity index (χ0) is 7.14. The molecule has 2 bridgehead atoms. The molecule has 0 radical (unpaired) electrons. The molecule has 0 aliphatic carbocycles. The molecular weight excluding hydrogens is 122 g/mol. The lowest BCUT2D eigenvalue weighted by Crippen LogP contribution is -2.39. The van der Waals surface area contributed by atoms with Gasteiger partial charge in [-0.1, -0.05) is 6.92 Å². The van der Waals surface area contributed by atoms with Gasteiger partial charge in [0.05, 0.1) is 0 Å². The third-order valence-electron chi connectivity index (χ3n) is 3.33. The summed E-state index contributed by atoms with van der Waals surface area (Å²) in [5.74, 6) is 0.994. The van der Waals surface area contributed by atoms with Crippen LogP contribution < -0.4 is 0 Å². The van der Waals surface area contributed by atoms with Crippen molar-refractivity contribution in [2.24, 2.45) is 5.92 Å². The molecule has 0 aromatic rings. The number of hydrogen-bond donors (Lipinski definition) is 0. The minimum Gasteiger partial charge on any atom is -0.300 e. The Kier molecular flexibility index (Phi) is 1.48. The van der Waals surface area contributed by atoms with Crippen LogP contribution in [-0.2, 0) is 0 Å². The summed E-state index contributed by atoms with van der Waals surface area (Å²) >= 11 is 0. The molecule has 2 heterocycles. The topological polar surface area (TPSA) is 3.24 Å². The third-order valence-corrected chi connectivity index (χ3v) is 3.33. The summed E-state index contributed by atoms with van der Waals surface area (Å²) in [5.41, 5.74) is 0. The summed E-state index contributed by atoms with van der Waals surface area (Å²) in [7, 11) is 2.30. The first-order valence-corrected chi connectivity index (χ1v) is 4.49. The number of rotatable bonds is 0. The molecule has 2 rings (SSSR count). The molecule has 0 saturated carbocycles. The summed E-state index contributed by atoms with van der Waals surface area (Å²) in [6.45, 7) is 2.40. The second-order valence-corrected chi connectivity index (χ2v) is 4.13. The van der Waals surface area contributed by atoms with Crippen LogP contribution in [0.3, 0.4) is 0 Å². The van der Waals surface area contributed by atoms with E-state index in [1.807, 2.05) is 0 Å². The molecule has 0 unspecified atom stereocenters. The molecule has 0 aromatic carbocycles. The van der Waals surface area contributed by atoms with Crippen LogP contribution in [0.25, 0.3) is 0 Å². The van der Waals surface area contributed by atoms with Crippen molar-refractivity contribution in [3.63, 3.8) is 0 Å². The van der Waals surface area contributed by atoms with E-state index in [4.69, 9.17) is 0 Å². The molecule has 1 heteroatoms. The summed E-state index contributed by atoms with van der Waals surface area (Å²) in [5, 5.41) is 0. The van der Waals surface area contributed by atoms with Crippen molar-refractivity contribution in [2.45, 2.75) is 44.7 Å². The molecule has 0 spiro atoms. The number of nitrogens with zero attached hydrogens (tertiary/aromatic N) is 1. The quantitative estimate of drug-likeness (QED) is 0.495. The largest absolute Gasteiger partial charge is 0.300 e. The van der Waals surface area contributed by atoms with Crippen molar-refractivity contribution in [2.75, 3.05) is 7.05 Å². The standard InChI is InChI=1S/C9H17N/c1-7-5-8-3-4-9(6-7)10(8)2/h7-9H,3-6H2,1-2H3/t7-,8-,9+. The van der Waals surface area contributed by atoms with Gasteiger partial charge in [0.1, 0.15) is 0 Å². The second-order valence-electron chi connectivity index (χ2n) is 4.13. The lowest BCUT2D eigenvalue weighted by atomic mass is 9.93. The monoisotopic (exact) mass is 139 g/mol. The molecule has 0 amide bonds. The van der Waals surface area contributed by atoms with Crippen LogP contribution >= 0.6 is 0 Å². The van der Waals surface area contributed by atoms with Gasteiger partial charge in [-0.3, -0.25) is 0 Å². The summed E-state index contributed by atoms with van der Waals surface area (Å²) in [6, 6.07) is 1.88. The van der Waals surface area contributed by atoms with E-state index in [9.17, 15) is 0 Å². The third kappa shape index (κ3) is 0.878. The predicted molar refractivity (Wildman–Crippen MR) is 43.0 cm³/mol. The van der Waals surface area contributed by atoms with Gasteiger partial charge in [0, 0.05) is 12.1 Å². The molecule has 58 valence electrons. The molecule has 2 aliphatic heterocycles. The summed E-state index contributed by atoms with van der Waals surface area (Å²) < 4.78 is 0. The van der Waals surface area contributed by atoms with Crippen LogP contribution in [-0.4, -0.2) is 24.0 Å². The van der Waals surface area contributed by atoms with Crippen LogP contribution in [0.2, 0.25) is 0 Å². The maximum Gasteiger partial charge on any atom is 0.00982 e. The fourth-order valence-electron chi connectivity index (χ4n) is 2.68. The van der Waals surface area contributed by atoms with Gasteiger partial charge in [-0.2, -0.15) is 0 Å². The van der Waals surface area contributed by atoms with Gasteiger partial charge < -0.3 is 4.90 Å². The normalized spacial score (nSPS) is 48.0. The van der Waals surface area contributed by atoms with Crippen molar-refractivity contribution in [3.05, 3.63) is 0 Å². The van der Waals surface area contributed by atoms with Gasteiger partial charge in [0.25, 0.3) is 0 Å². The molecule has 1 nitrogen and oxygen atoms in total. The van der Waals surface area contributed by atoms with Crippen molar-refractivity contribution < 1.29 is 0 Å². The highest BCUT2D eigenvalue weighted by Crippen LogP contribution is 2.36. The fourth-order valence-corrected chi connectivity index (χ4v) is 2.68. The van der Waals surface area contributed by atoms with Crippen molar-refractivity contribution in [1.82, 2.24) is 4.90 Å². The van der Waals surface area contributed by atoms with Crippen LogP contribution in [0, 0.1) is 5.92 Å². The molecule has 2 aliphatic rings. The van der Waals surface area contributed by atoms with Crippen molar-refractivity contribution in [3.8, 4) is 0 Å². The highest BCUT2D eigenvalue weighted by molar-refractivity contribution is 4.91. The van der Waals surface area contributed by atoms with E-state index in [2.05, 4.69) is 18.9 Å². The smallest absolute Gasteiger partial charge is 0.00982 e. The maximum absolute atomic E-state index is 2.60. The Morgan fingerprint density at radius 1 is 1.10 bits per heavy atom. The zero-order valence-corrected chi connectivity index (χ0v) is 7.01. The van der Waals surface area contributed by atoms with Crippen LogP contribution in [0.1, 0.15) is 32.6 Å². The average molecular weight is 139 g/mol. The van der Waals surface area contributed by atoms with E-state index in [-0.39, 0.29) is 0 Å². The Labute approximate surface area is 63.4 Å². The van der Waals surface area contributed by atoms with Gasteiger partial charge in [-0.25, -0.2) is 0 Å². The number of fused-ring (bicyclic) bond motifs is 2.